The maximum Gasteiger partial charge on any atom is 0.407 e. The Morgan fingerprint density at radius 2 is 1.94 bits per heavy atom. The highest BCUT2D eigenvalue weighted by Crippen LogP contribution is 2.53. The molecule has 2 heterocycles. The van der Waals surface area contributed by atoms with E-state index >= 15 is 0 Å². The number of amides is 1. The topological polar surface area (TPSA) is 77.5 Å². The van der Waals surface area contributed by atoms with E-state index < -0.39 is 0 Å². The predicted molar refractivity (Wildman–Crippen MR) is 134 cm³/mol. The molecule has 2 aliphatic carbocycles. The van der Waals surface area contributed by atoms with Gasteiger partial charge in [0.05, 0.1) is 18.2 Å². The number of allylic oxidation sites excluding steroid dienone is 1. The first-order chi connectivity index (χ1) is 17.4. The summed E-state index contributed by atoms with van der Waals surface area (Å²) >= 11 is 0. The first-order valence-corrected chi connectivity index (χ1v) is 13.0. The average Bonchev–Trinajstić information content (AvgIpc) is 3.15. The van der Waals surface area contributed by atoms with Gasteiger partial charge in [-0.25, -0.2) is 9.18 Å². The lowest BCUT2D eigenvalue weighted by molar-refractivity contribution is -0.144. The Hall–Kier alpha value is -3.22. The van der Waals surface area contributed by atoms with Crippen LogP contribution in [0.15, 0.2) is 48.7 Å². The Balaban J connectivity index is 1.33. The highest BCUT2D eigenvalue weighted by Gasteiger charge is 2.54. The van der Waals surface area contributed by atoms with Gasteiger partial charge in [0.2, 0.25) is 0 Å². The number of alkyl carbamates (subject to hydrolysis) is 1. The molecule has 0 bridgehead atoms. The van der Waals surface area contributed by atoms with Crippen LogP contribution < -0.4 is 5.32 Å². The Bertz CT molecular complexity index is 1120. The molecule has 1 aliphatic heterocycles. The van der Waals surface area contributed by atoms with Crippen LogP contribution in [0.25, 0.3) is 17.2 Å². The van der Waals surface area contributed by atoms with E-state index in [0.717, 1.165) is 42.5 Å². The van der Waals surface area contributed by atoms with Gasteiger partial charge in [-0.05, 0) is 87.1 Å². The quantitative estimate of drug-likeness (QED) is 0.548. The van der Waals surface area contributed by atoms with Crippen molar-refractivity contribution in [2.24, 2.45) is 29.6 Å². The molecule has 1 N–H and O–H groups in total. The summed E-state index contributed by atoms with van der Waals surface area (Å²) in [6.07, 6.45) is 9.15. The number of fused-ring (bicyclic) bond motifs is 2. The Morgan fingerprint density at radius 1 is 1.17 bits per heavy atom. The van der Waals surface area contributed by atoms with Crippen molar-refractivity contribution in [3.8, 4) is 11.1 Å². The van der Waals surface area contributed by atoms with E-state index in [1.54, 1.807) is 25.3 Å². The number of hydrogen-bond donors (Lipinski definition) is 1. The molecule has 3 aliphatic rings. The Labute approximate surface area is 211 Å². The Kier molecular flexibility index (Phi) is 7.08. The molecule has 7 atom stereocenters. The van der Waals surface area contributed by atoms with Crippen molar-refractivity contribution in [1.29, 1.82) is 0 Å². The summed E-state index contributed by atoms with van der Waals surface area (Å²) < 4.78 is 24.0. The van der Waals surface area contributed by atoms with Crippen molar-refractivity contribution in [3.63, 3.8) is 0 Å². The second-order valence-corrected chi connectivity index (χ2v) is 10.3. The molecule has 190 valence electrons. The molecule has 6 nitrogen and oxygen atoms in total. The zero-order valence-electron chi connectivity index (χ0n) is 20.7. The minimum absolute atomic E-state index is 0.0713. The van der Waals surface area contributed by atoms with E-state index in [1.165, 1.54) is 12.1 Å². The number of pyridine rings is 1. The van der Waals surface area contributed by atoms with Gasteiger partial charge in [-0.3, -0.25) is 9.78 Å². The number of hydrogen-bond acceptors (Lipinski definition) is 5. The van der Waals surface area contributed by atoms with Gasteiger partial charge in [0.15, 0.2) is 0 Å². The molecule has 36 heavy (non-hydrogen) atoms. The number of nitrogens with one attached hydrogen (secondary N) is 1. The molecule has 2 saturated carbocycles. The number of aromatic nitrogens is 1. The van der Waals surface area contributed by atoms with Gasteiger partial charge in [0.25, 0.3) is 0 Å². The van der Waals surface area contributed by atoms with E-state index in [9.17, 15) is 14.0 Å². The van der Waals surface area contributed by atoms with Crippen LogP contribution in [0.1, 0.15) is 45.2 Å². The average molecular weight is 493 g/mol. The molecule has 0 unspecified atom stereocenters. The largest absolute Gasteiger partial charge is 0.462 e. The van der Waals surface area contributed by atoms with Crippen LogP contribution in [-0.4, -0.2) is 35.8 Å². The van der Waals surface area contributed by atoms with Gasteiger partial charge in [0.1, 0.15) is 11.9 Å². The molecule has 0 radical (unpaired) electrons. The van der Waals surface area contributed by atoms with E-state index in [1.807, 2.05) is 19.1 Å². The first-order valence-electron chi connectivity index (χ1n) is 13.0. The van der Waals surface area contributed by atoms with Crippen LogP contribution >= 0.6 is 0 Å². The minimum Gasteiger partial charge on any atom is -0.462 e. The summed E-state index contributed by atoms with van der Waals surface area (Å²) in [5, 5.41) is 3.00. The number of benzene rings is 1. The number of esters is 1. The van der Waals surface area contributed by atoms with Crippen LogP contribution in [0.3, 0.4) is 0 Å². The summed E-state index contributed by atoms with van der Waals surface area (Å²) in [7, 11) is 0. The third-order valence-corrected chi connectivity index (χ3v) is 8.20. The molecule has 2 aromatic rings. The van der Waals surface area contributed by atoms with Gasteiger partial charge < -0.3 is 14.8 Å². The van der Waals surface area contributed by atoms with Crippen molar-refractivity contribution in [1.82, 2.24) is 10.3 Å². The highest BCUT2D eigenvalue weighted by molar-refractivity contribution is 5.75. The normalized spacial score (nSPS) is 31.4. The number of halogens is 1. The molecule has 1 amide bonds. The lowest BCUT2D eigenvalue weighted by Gasteiger charge is -2.47. The maximum absolute atomic E-state index is 13.2. The van der Waals surface area contributed by atoms with Gasteiger partial charge in [0, 0.05) is 23.7 Å². The second-order valence-electron chi connectivity index (χ2n) is 10.3. The minimum atomic E-state index is -0.366. The molecule has 1 aromatic carbocycles. The van der Waals surface area contributed by atoms with E-state index in [0.29, 0.717) is 18.4 Å². The standard InChI is InChI=1S/C29H33FN2O4/c1-3-35-29(34)32-23-11-12-24-20(14-23)15-26-27(17(2)36-28(26)33)25(24)13-10-22-9-6-19(16-31-22)18-4-7-21(30)8-5-18/h4-10,13,16-17,20,23-27H,3,11-12,14-15H2,1-2H3,(H,32,34)/b13-10+/t17-,20+,23-,24-,25+,26-,27+/m1/s1. The summed E-state index contributed by atoms with van der Waals surface area (Å²) in [6.45, 7) is 4.16. The predicted octanol–water partition coefficient (Wildman–Crippen LogP) is 5.63. The Morgan fingerprint density at radius 3 is 2.67 bits per heavy atom. The number of nitrogens with zero attached hydrogens (tertiary/aromatic N) is 1. The summed E-state index contributed by atoms with van der Waals surface area (Å²) in [5.41, 5.74) is 2.69. The van der Waals surface area contributed by atoms with Gasteiger partial charge in [-0.15, -0.1) is 0 Å². The van der Waals surface area contributed by atoms with Gasteiger partial charge in [-0.1, -0.05) is 24.3 Å². The number of carbonyl (C=O) groups is 2. The van der Waals surface area contributed by atoms with Crippen molar-refractivity contribution >= 4 is 18.1 Å². The smallest absolute Gasteiger partial charge is 0.407 e. The SMILES string of the molecule is CCOC(=O)N[C@@H]1CC[C@@H]2[C@@H](C1)C[C@H]1C(=O)O[C@H](C)[C@H]1[C@H]2/C=C/c1ccc(-c2ccc(F)cc2)cn1. The monoisotopic (exact) mass is 492 g/mol. The lowest BCUT2D eigenvalue weighted by atomic mass is 9.57. The third kappa shape index (κ3) is 5.01. The summed E-state index contributed by atoms with van der Waals surface area (Å²) in [6, 6.07) is 10.4. The van der Waals surface area contributed by atoms with Gasteiger partial charge in [-0.2, -0.15) is 0 Å². The first kappa shape index (κ1) is 24.5. The lowest BCUT2D eigenvalue weighted by Crippen LogP contribution is -2.48. The zero-order chi connectivity index (χ0) is 25.2. The summed E-state index contributed by atoms with van der Waals surface area (Å²) in [5.74, 6) is 0.675. The van der Waals surface area contributed by atoms with Crippen molar-refractivity contribution in [2.75, 3.05) is 6.61 Å². The molecular formula is C29H33FN2O4. The number of rotatable bonds is 5. The maximum atomic E-state index is 13.2. The fourth-order valence-corrected chi connectivity index (χ4v) is 6.61. The fourth-order valence-electron chi connectivity index (χ4n) is 6.61. The zero-order valence-corrected chi connectivity index (χ0v) is 20.7. The molecular weight excluding hydrogens is 459 g/mol. The van der Waals surface area contributed by atoms with Crippen molar-refractivity contribution < 1.29 is 23.5 Å². The van der Waals surface area contributed by atoms with Crippen LogP contribution in [0.4, 0.5) is 9.18 Å². The van der Waals surface area contributed by atoms with Crippen molar-refractivity contribution in [3.05, 3.63) is 60.2 Å². The van der Waals surface area contributed by atoms with Crippen LogP contribution in [0.5, 0.6) is 0 Å². The number of cyclic esters (lactones) is 1. The van der Waals surface area contributed by atoms with Crippen LogP contribution in [-0.2, 0) is 14.3 Å². The van der Waals surface area contributed by atoms with E-state index in [2.05, 4.69) is 22.5 Å². The van der Waals surface area contributed by atoms with Gasteiger partial charge >= 0.3 is 12.1 Å². The molecule has 5 rings (SSSR count). The molecule has 7 heteroatoms. The molecule has 0 spiro atoms. The van der Waals surface area contributed by atoms with Crippen LogP contribution in [0, 0.1) is 35.4 Å². The third-order valence-electron chi connectivity index (χ3n) is 8.20. The fraction of sp³-hybridized carbons (Fsp3) is 0.483. The van der Waals surface area contributed by atoms with Crippen molar-refractivity contribution in [2.45, 2.75) is 51.7 Å². The van der Waals surface area contributed by atoms with E-state index in [-0.39, 0.29) is 47.8 Å². The van der Waals surface area contributed by atoms with E-state index in [4.69, 9.17) is 9.47 Å². The summed E-state index contributed by atoms with van der Waals surface area (Å²) in [4.78, 5) is 29.2. The number of ether oxygens (including phenoxy) is 2. The second kappa shape index (κ2) is 10.4. The highest BCUT2D eigenvalue weighted by atomic mass is 19.1. The molecule has 3 fully saturated rings. The molecule has 1 aromatic heterocycles. The van der Waals surface area contributed by atoms with Crippen LogP contribution in [0.2, 0.25) is 0 Å². The number of carbonyl (C=O) groups excluding carboxylic acids is 2. The molecule has 1 saturated heterocycles.